The van der Waals surface area contributed by atoms with Crippen LogP contribution in [0.2, 0.25) is 5.28 Å². The van der Waals surface area contributed by atoms with Gasteiger partial charge in [0.15, 0.2) is 0 Å². The molecule has 1 aromatic rings. The van der Waals surface area contributed by atoms with Gasteiger partial charge in [-0.1, -0.05) is 0 Å². The second kappa shape index (κ2) is 5.53. The van der Waals surface area contributed by atoms with Crippen LogP contribution in [0.25, 0.3) is 0 Å². The van der Waals surface area contributed by atoms with Crippen molar-refractivity contribution >= 4 is 41.1 Å². The molecule has 0 spiro atoms. The number of amidine groups is 1. The van der Waals surface area contributed by atoms with Gasteiger partial charge in [0, 0.05) is 6.54 Å². The Morgan fingerprint density at radius 1 is 1.50 bits per heavy atom. The third-order valence-corrected chi connectivity index (χ3v) is 2.77. The molecule has 1 fully saturated rings. The van der Waals surface area contributed by atoms with Gasteiger partial charge >= 0.3 is 0 Å². The number of aromatic nitrogens is 3. The molecule has 1 aliphatic rings. The van der Waals surface area contributed by atoms with E-state index in [-0.39, 0.29) is 23.4 Å². The third-order valence-electron chi connectivity index (χ3n) is 2.25. The molecule has 1 unspecified atom stereocenters. The first-order valence-electron chi connectivity index (χ1n) is 5.38. The molecule has 1 saturated heterocycles. The van der Waals surface area contributed by atoms with E-state index in [2.05, 4.69) is 20.3 Å². The lowest BCUT2D eigenvalue weighted by molar-refractivity contribution is 0.253. The summed E-state index contributed by atoms with van der Waals surface area (Å²) >= 11 is 11.5. The standard InChI is InChI=1S/C9H12Cl2N6O/c1-2-13-8-14-6(11)15-9(16-8)17-4-5(3-10)18-7(17)12/h5,12H,2-4H2,1H3,(H,13,14,15,16). The van der Waals surface area contributed by atoms with Crippen LogP contribution in [0.1, 0.15) is 6.92 Å². The van der Waals surface area contributed by atoms with Crippen molar-refractivity contribution in [1.82, 2.24) is 15.0 Å². The molecule has 98 valence electrons. The van der Waals surface area contributed by atoms with Gasteiger partial charge in [-0.2, -0.15) is 15.0 Å². The first kappa shape index (κ1) is 13.1. The summed E-state index contributed by atoms with van der Waals surface area (Å²) in [4.78, 5) is 13.6. The van der Waals surface area contributed by atoms with Crippen LogP contribution in [-0.2, 0) is 4.74 Å². The summed E-state index contributed by atoms with van der Waals surface area (Å²) in [6, 6.07) is -0.0367. The highest BCUT2D eigenvalue weighted by Gasteiger charge is 2.31. The van der Waals surface area contributed by atoms with E-state index in [1.165, 1.54) is 4.90 Å². The van der Waals surface area contributed by atoms with Crippen LogP contribution in [-0.4, -0.2) is 46.0 Å². The van der Waals surface area contributed by atoms with Crippen molar-refractivity contribution in [3.8, 4) is 0 Å². The van der Waals surface area contributed by atoms with Crippen molar-refractivity contribution in [2.45, 2.75) is 13.0 Å². The van der Waals surface area contributed by atoms with Crippen LogP contribution in [0.15, 0.2) is 0 Å². The predicted octanol–water partition coefficient (Wildman–Crippen LogP) is 1.34. The Hall–Kier alpha value is -1.34. The molecule has 1 aromatic heterocycles. The van der Waals surface area contributed by atoms with Gasteiger partial charge in [-0.05, 0) is 18.5 Å². The van der Waals surface area contributed by atoms with Gasteiger partial charge in [0.05, 0.1) is 12.4 Å². The Labute approximate surface area is 114 Å². The minimum absolute atomic E-state index is 0.0367. The number of hydrogen-bond donors (Lipinski definition) is 2. The Bertz CT molecular complexity index is 457. The topological polar surface area (TPSA) is 87.0 Å². The number of alkyl halides is 1. The Kier molecular flexibility index (Phi) is 4.03. The lowest BCUT2D eigenvalue weighted by Gasteiger charge is -2.13. The van der Waals surface area contributed by atoms with Gasteiger partial charge in [0.25, 0.3) is 6.02 Å². The highest BCUT2D eigenvalue weighted by molar-refractivity contribution is 6.28. The molecule has 0 aliphatic carbocycles. The highest BCUT2D eigenvalue weighted by Crippen LogP contribution is 2.20. The van der Waals surface area contributed by atoms with Gasteiger partial charge in [-0.15, -0.1) is 11.6 Å². The van der Waals surface area contributed by atoms with Crippen LogP contribution in [0.4, 0.5) is 11.9 Å². The molecule has 2 heterocycles. The minimum atomic E-state index is -0.239. The lowest BCUT2D eigenvalue weighted by atomic mass is 10.4. The minimum Gasteiger partial charge on any atom is -0.459 e. The number of hydrogen-bond acceptors (Lipinski definition) is 6. The smallest absolute Gasteiger partial charge is 0.291 e. The second-order valence-electron chi connectivity index (χ2n) is 3.57. The van der Waals surface area contributed by atoms with Crippen LogP contribution < -0.4 is 10.2 Å². The van der Waals surface area contributed by atoms with Gasteiger partial charge in [-0.25, -0.2) is 0 Å². The summed E-state index contributed by atoms with van der Waals surface area (Å²) in [5.74, 6) is 0.954. The van der Waals surface area contributed by atoms with Gasteiger partial charge < -0.3 is 10.1 Å². The van der Waals surface area contributed by atoms with Crippen molar-refractivity contribution < 1.29 is 4.74 Å². The maximum Gasteiger partial charge on any atom is 0.291 e. The zero-order valence-electron chi connectivity index (χ0n) is 9.65. The number of nitrogens with zero attached hydrogens (tertiary/aromatic N) is 4. The highest BCUT2D eigenvalue weighted by atomic mass is 35.5. The number of anilines is 2. The van der Waals surface area contributed by atoms with E-state index in [4.69, 9.17) is 33.3 Å². The molecule has 0 bridgehead atoms. The average Bonchev–Trinajstić information content (AvgIpc) is 2.70. The van der Waals surface area contributed by atoms with E-state index in [1.807, 2.05) is 6.92 Å². The summed E-state index contributed by atoms with van der Waals surface area (Å²) in [5, 5.41) is 10.7. The molecular formula is C9H12Cl2N6O. The molecule has 1 atom stereocenters. The first-order chi connectivity index (χ1) is 8.63. The Balaban J connectivity index is 2.25. The van der Waals surface area contributed by atoms with Crippen LogP contribution >= 0.6 is 23.2 Å². The predicted molar refractivity (Wildman–Crippen MR) is 69.7 cm³/mol. The quantitative estimate of drug-likeness (QED) is 0.814. The first-order valence-corrected chi connectivity index (χ1v) is 6.29. The molecule has 0 radical (unpaired) electrons. The zero-order valence-corrected chi connectivity index (χ0v) is 11.2. The van der Waals surface area contributed by atoms with Crippen LogP contribution in [0, 0.1) is 5.41 Å². The fourth-order valence-corrected chi connectivity index (χ4v) is 1.81. The van der Waals surface area contributed by atoms with Gasteiger partial charge in [-0.3, -0.25) is 10.3 Å². The Morgan fingerprint density at radius 2 is 2.28 bits per heavy atom. The fourth-order valence-electron chi connectivity index (χ4n) is 1.50. The largest absolute Gasteiger partial charge is 0.459 e. The molecule has 2 N–H and O–H groups in total. The normalized spacial score (nSPS) is 18.9. The summed E-state index contributed by atoms with van der Waals surface area (Å²) in [7, 11) is 0. The zero-order chi connectivity index (χ0) is 13.1. The fraction of sp³-hybridized carbons (Fsp3) is 0.556. The molecule has 0 saturated carbocycles. The number of nitrogens with one attached hydrogen (secondary N) is 2. The lowest BCUT2D eigenvalue weighted by Crippen LogP contribution is -2.28. The maximum absolute atomic E-state index is 7.70. The Morgan fingerprint density at radius 3 is 2.89 bits per heavy atom. The molecular weight excluding hydrogens is 279 g/mol. The number of halogens is 2. The van der Waals surface area contributed by atoms with Crippen LogP contribution in [0.5, 0.6) is 0 Å². The average molecular weight is 291 g/mol. The van der Waals surface area contributed by atoms with Gasteiger partial charge in [0.1, 0.15) is 6.10 Å². The third kappa shape index (κ3) is 2.73. The van der Waals surface area contributed by atoms with E-state index in [1.54, 1.807) is 0 Å². The molecule has 9 heteroatoms. The van der Waals surface area contributed by atoms with Crippen molar-refractivity contribution in [3.05, 3.63) is 5.28 Å². The van der Waals surface area contributed by atoms with Crippen molar-refractivity contribution in [2.75, 3.05) is 29.2 Å². The molecule has 0 amide bonds. The van der Waals surface area contributed by atoms with Crippen LogP contribution in [0.3, 0.4) is 0 Å². The number of ether oxygens (including phenoxy) is 1. The molecule has 2 rings (SSSR count). The molecule has 7 nitrogen and oxygen atoms in total. The van der Waals surface area contributed by atoms with E-state index in [0.29, 0.717) is 24.9 Å². The van der Waals surface area contributed by atoms with E-state index >= 15 is 0 Å². The SMILES string of the molecule is CCNc1nc(Cl)nc(N2CC(CCl)OC2=N)n1. The maximum atomic E-state index is 7.70. The van der Waals surface area contributed by atoms with Crippen molar-refractivity contribution in [3.63, 3.8) is 0 Å². The van der Waals surface area contributed by atoms with Crippen molar-refractivity contribution in [2.24, 2.45) is 0 Å². The van der Waals surface area contributed by atoms with E-state index in [9.17, 15) is 0 Å². The number of rotatable bonds is 4. The summed E-state index contributed by atoms with van der Waals surface area (Å²) in [6.07, 6.45) is -0.239. The molecule has 1 aliphatic heterocycles. The van der Waals surface area contributed by atoms with Crippen molar-refractivity contribution in [1.29, 1.82) is 5.41 Å². The molecule has 0 aromatic carbocycles. The summed E-state index contributed by atoms with van der Waals surface area (Å²) in [6.45, 7) is 3.01. The monoisotopic (exact) mass is 290 g/mol. The van der Waals surface area contributed by atoms with Gasteiger partial charge in [0.2, 0.25) is 17.2 Å². The van der Waals surface area contributed by atoms with E-state index < -0.39 is 0 Å². The molecule has 18 heavy (non-hydrogen) atoms. The second-order valence-corrected chi connectivity index (χ2v) is 4.21. The summed E-state index contributed by atoms with van der Waals surface area (Å²) < 4.78 is 5.23. The van der Waals surface area contributed by atoms with E-state index in [0.717, 1.165) is 0 Å². The summed E-state index contributed by atoms with van der Waals surface area (Å²) in [5.41, 5.74) is 0.